The monoisotopic (exact) mass is 418 g/mol. The van der Waals surface area contributed by atoms with E-state index in [4.69, 9.17) is 4.74 Å². The Morgan fingerprint density at radius 2 is 1.90 bits per heavy atom. The quantitative estimate of drug-likeness (QED) is 0.660. The molecule has 2 aromatic rings. The number of rotatable bonds is 8. The van der Waals surface area contributed by atoms with E-state index in [9.17, 15) is 18.3 Å². The highest BCUT2D eigenvalue weighted by Crippen LogP contribution is 2.31. The third kappa shape index (κ3) is 4.77. The number of anilines is 1. The van der Waals surface area contributed by atoms with Crippen molar-refractivity contribution in [2.75, 3.05) is 38.7 Å². The molecule has 0 amide bonds. The van der Waals surface area contributed by atoms with Crippen LogP contribution in [0.15, 0.2) is 47.4 Å². The molecule has 0 bridgehead atoms. The second-order valence-electron chi connectivity index (χ2n) is 7.32. The summed E-state index contributed by atoms with van der Waals surface area (Å²) in [5, 5.41) is 10.4. The van der Waals surface area contributed by atoms with E-state index in [0.29, 0.717) is 24.4 Å². The van der Waals surface area contributed by atoms with Crippen LogP contribution in [-0.4, -0.2) is 63.5 Å². The normalized spacial score (nSPS) is 14.7. The summed E-state index contributed by atoms with van der Waals surface area (Å²) < 4.78 is 31.4. The first-order chi connectivity index (χ1) is 13.7. The van der Waals surface area contributed by atoms with E-state index in [2.05, 4.69) is 0 Å². The number of nitrogens with zero attached hydrogens (tertiary/aromatic N) is 2. The molecule has 29 heavy (non-hydrogen) atoms. The van der Waals surface area contributed by atoms with Crippen LogP contribution >= 0.6 is 0 Å². The summed E-state index contributed by atoms with van der Waals surface area (Å²) in [4.78, 5) is 13.6. The number of hydrogen-bond donors (Lipinski definition) is 1. The van der Waals surface area contributed by atoms with Crippen LogP contribution in [0.5, 0.6) is 5.75 Å². The van der Waals surface area contributed by atoms with E-state index in [0.717, 1.165) is 17.7 Å². The van der Waals surface area contributed by atoms with Crippen molar-refractivity contribution in [1.82, 2.24) is 4.31 Å². The molecule has 1 heterocycles. The number of aliphatic hydroxyl groups excluding tert-OH is 1. The average Bonchev–Trinajstić information content (AvgIpc) is 3.08. The smallest absolute Gasteiger partial charge is 0.242 e. The van der Waals surface area contributed by atoms with Crippen LogP contribution in [-0.2, 0) is 16.4 Å². The van der Waals surface area contributed by atoms with Gasteiger partial charge in [-0.15, -0.1) is 0 Å². The fourth-order valence-electron chi connectivity index (χ4n) is 3.29. The van der Waals surface area contributed by atoms with Gasteiger partial charge in [0.15, 0.2) is 5.78 Å². The highest BCUT2D eigenvalue weighted by molar-refractivity contribution is 7.89. The van der Waals surface area contributed by atoms with Gasteiger partial charge in [0.05, 0.1) is 4.90 Å². The van der Waals surface area contributed by atoms with Gasteiger partial charge in [-0.3, -0.25) is 4.79 Å². The third-order valence-corrected chi connectivity index (χ3v) is 6.77. The number of ketones is 1. The van der Waals surface area contributed by atoms with E-state index in [1.807, 2.05) is 4.90 Å². The average molecular weight is 419 g/mol. The van der Waals surface area contributed by atoms with Gasteiger partial charge in [-0.05, 0) is 61.4 Å². The van der Waals surface area contributed by atoms with Crippen LogP contribution in [0.3, 0.4) is 0 Å². The van der Waals surface area contributed by atoms with Crippen LogP contribution in [0, 0.1) is 0 Å². The molecule has 1 aliphatic heterocycles. The molecule has 0 aromatic heterocycles. The number of Topliss-reactive ketones (excluding diaryl/α,β-unsaturated/α-hetero) is 1. The highest BCUT2D eigenvalue weighted by atomic mass is 32.2. The predicted molar refractivity (Wildman–Crippen MR) is 111 cm³/mol. The lowest BCUT2D eigenvalue weighted by Gasteiger charge is -2.23. The van der Waals surface area contributed by atoms with Gasteiger partial charge in [-0.2, -0.15) is 0 Å². The van der Waals surface area contributed by atoms with E-state index < -0.39 is 16.1 Å². The first kappa shape index (κ1) is 21.3. The molecule has 1 N–H and O–H groups in total. The summed E-state index contributed by atoms with van der Waals surface area (Å²) in [7, 11) is -0.437. The number of ether oxygens (including phenoxy) is 1. The van der Waals surface area contributed by atoms with Crippen molar-refractivity contribution in [2.45, 2.75) is 24.3 Å². The fourth-order valence-corrected chi connectivity index (χ4v) is 4.25. The number of sulfonamides is 1. The Kier molecular flexibility index (Phi) is 6.26. The van der Waals surface area contributed by atoms with E-state index >= 15 is 0 Å². The minimum absolute atomic E-state index is 0.00850. The molecule has 0 radical (unpaired) electrons. The summed E-state index contributed by atoms with van der Waals surface area (Å²) in [5.74, 6) is 0.584. The summed E-state index contributed by atoms with van der Waals surface area (Å²) in [6.07, 6.45) is 0.0188. The van der Waals surface area contributed by atoms with Gasteiger partial charge in [0.1, 0.15) is 18.5 Å². The van der Waals surface area contributed by atoms with Crippen molar-refractivity contribution >= 4 is 21.5 Å². The molecule has 0 saturated heterocycles. The van der Waals surface area contributed by atoms with Gasteiger partial charge in [0.2, 0.25) is 10.0 Å². The zero-order chi connectivity index (χ0) is 21.2. The Hall–Kier alpha value is -2.42. The molecule has 1 aliphatic rings. The molecule has 0 spiro atoms. The number of hydrogen-bond acceptors (Lipinski definition) is 6. The third-order valence-electron chi connectivity index (χ3n) is 4.96. The number of carbonyl (C=O) groups is 1. The molecule has 156 valence electrons. The van der Waals surface area contributed by atoms with Crippen molar-refractivity contribution in [1.29, 1.82) is 0 Å². The predicted octanol–water partition coefficient (Wildman–Crippen LogP) is 1.94. The van der Waals surface area contributed by atoms with Crippen LogP contribution in [0.25, 0.3) is 0 Å². The molecular formula is C21H26N2O5S. The number of aliphatic hydroxyl groups is 1. The van der Waals surface area contributed by atoms with Crippen molar-refractivity contribution < 1.29 is 23.1 Å². The minimum atomic E-state index is -3.46. The van der Waals surface area contributed by atoms with Gasteiger partial charge in [0, 0.05) is 38.4 Å². The number of β-amino-alcohol motifs (C(OH)–C–C–N with tert-alkyl or cyclic N) is 1. The summed E-state index contributed by atoms with van der Waals surface area (Å²) in [5.41, 5.74) is 2.51. The van der Waals surface area contributed by atoms with Gasteiger partial charge >= 0.3 is 0 Å². The molecule has 0 aliphatic carbocycles. The molecule has 8 heteroatoms. The van der Waals surface area contributed by atoms with E-state index in [1.54, 1.807) is 42.5 Å². The minimum Gasteiger partial charge on any atom is -0.491 e. The Morgan fingerprint density at radius 1 is 1.21 bits per heavy atom. The number of carbonyl (C=O) groups excluding carboxylic acids is 1. The Morgan fingerprint density at radius 3 is 2.52 bits per heavy atom. The van der Waals surface area contributed by atoms with Gasteiger partial charge in [0.25, 0.3) is 0 Å². The topological polar surface area (TPSA) is 87.1 Å². The zero-order valence-corrected chi connectivity index (χ0v) is 17.6. The Balaban J connectivity index is 1.60. The van der Waals surface area contributed by atoms with E-state index in [1.165, 1.54) is 25.3 Å². The molecule has 3 rings (SSSR count). The summed E-state index contributed by atoms with van der Waals surface area (Å²) >= 11 is 0. The lowest BCUT2D eigenvalue weighted by molar-refractivity contribution is 0.101. The number of benzene rings is 2. The second-order valence-corrected chi connectivity index (χ2v) is 9.47. The van der Waals surface area contributed by atoms with Crippen LogP contribution < -0.4 is 9.64 Å². The van der Waals surface area contributed by atoms with Crippen molar-refractivity contribution in [3.8, 4) is 5.75 Å². The zero-order valence-electron chi connectivity index (χ0n) is 16.8. The molecule has 1 atom stereocenters. The lowest BCUT2D eigenvalue weighted by Crippen LogP contribution is -2.34. The van der Waals surface area contributed by atoms with Crippen LogP contribution in [0.4, 0.5) is 5.69 Å². The summed E-state index contributed by atoms with van der Waals surface area (Å²) in [6.45, 7) is 2.73. The summed E-state index contributed by atoms with van der Waals surface area (Å²) in [6, 6.07) is 11.9. The van der Waals surface area contributed by atoms with Crippen LogP contribution in [0.1, 0.15) is 22.8 Å². The molecule has 1 unspecified atom stereocenters. The number of fused-ring (bicyclic) bond motifs is 1. The van der Waals surface area contributed by atoms with Crippen LogP contribution in [0.2, 0.25) is 0 Å². The fraction of sp³-hybridized carbons (Fsp3) is 0.381. The molecule has 2 aromatic carbocycles. The lowest BCUT2D eigenvalue weighted by atomic mass is 10.1. The van der Waals surface area contributed by atoms with Gasteiger partial charge < -0.3 is 14.7 Å². The maximum atomic E-state index is 12.3. The molecule has 0 saturated carbocycles. The Labute approximate surface area is 171 Å². The SMILES string of the molecule is CC(=O)c1ccc(OCC(O)CN2CCc3cc(S(=O)(=O)N(C)C)ccc32)cc1. The molecule has 7 nitrogen and oxygen atoms in total. The first-order valence-corrected chi connectivity index (χ1v) is 10.8. The Bertz CT molecular complexity index is 987. The molecule has 0 fully saturated rings. The first-order valence-electron chi connectivity index (χ1n) is 9.41. The van der Waals surface area contributed by atoms with Gasteiger partial charge in [-0.25, -0.2) is 12.7 Å². The van der Waals surface area contributed by atoms with Gasteiger partial charge in [-0.1, -0.05) is 0 Å². The largest absolute Gasteiger partial charge is 0.491 e. The standard InChI is InChI=1S/C21H26N2O5S/c1-15(24)16-4-6-19(7-5-16)28-14-18(25)13-23-11-10-17-12-20(8-9-21(17)23)29(26,27)22(2)3/h4-9,12,18,25H,10-11,13-14H2,1-3H3. The van der Waals surface area contributed by atoms with Crippen molar-refractivity contribution in [3.63, 3.8) is 0 Å². The van der Waals surface area contributed by atoms with Crippen molar-refractivity contribution in [3.05, 3.63) is 53.6 Å². The second kappa shape index (κ2) is 8.52. The molecular weight excluding hydrogens is 392 g/mol. The van der Waals surface area contributed by atoms with E-state index in [-0.39, 0.29) is 17.3 Å². The maximum Gasteiger partial charge on any atom is 0.242 e. The maximum absolute atomic E-state index is 12.3. The van der Waals surface area contributed by atoms with Crippen molar-refractivity contribution in [2.24, 2.45) is 0 Å². The highest BCUT2D eigenvalue weighted by Gasteiger charge is 2.25.